The number of benzene rings is 1. The molecule has 6 nitrogen and oxygen atoms in total. The van der Waals surface area contributed by atoms with Gasteiger partial charge in [-0.25, -0.2) is 9.78 Å². The van der Waals surface area contributed by atoms with E-state index in [-0.39, 0.29) is 23.3 Å². The van der Waals surface area contributed by atoms with Crippen molar-refractivity contribution in [2.75, 3.05) is 43.5 Å². The van der Waals surface area contributed by atoms with Crippen molar-refractivity contribution in [2.24, 2.45) is 0 Å². The van der Waals surface area contributed by atoms with Gasteiger partial charge in [-0.15, -0.1) is 11.8 Å². The number of rotatable bonds is 5. The van der Waals surface area contributed by atoms with Crippen molar-refractivity contribution in [2.45, 2.75) is 34.6 Å². The van der Waals surface area contributed by atoms with Crippen molar-refractivity contribution in [1.82, 2.24) is 9.88 Å². The van der Waals surface area contributed by atoms with Gasteiger partial charge in [0.25, 0.3) is 0 Å². The van der Waals surface area contributed by atoms with Crippen molar-refractivity contribution in [1.29, 1.82) is 0 Å². The maximum Gasteiger partial charge on any atom is 0.328 e. The van der Waals surface area contributed by atoms with Crippen LogP contribution in [0.1, 0.15) is 25.3 Å². The predicted octanol–water partition coefficient (Wildman–Crippen LogP) is 4.28. The van der Waals surface area contributed by atoms with Gasteiger partial charge in [0.05, 0.1) is 17.0 Å². The van der Waals surface area contributed by atoms with Gasteiger partial charge in [-0.05, 0) is 50.2 Å². The molecule has 2 aromatic rings. The largest absolute Gasteiger partial charge is 0.395 e. The first-order chi connectivity index (χ1) is 13.9. The van der Waals surface area contributed by atoms with E-state index < -0.39 is 0 Å². The van der Waals surface area contributed by atoms with Crippen LogP contribution in [0.3, 0.4) is 0 Å². The highest BCUT2D eigenvalue weighted by molar-refractivity contribution is 8.01. The van der Waals surface area contributed by atoms with Crippen molar-refractivity contribution in [3.8, 4) is 0 Å². The van der Waals surface area contributed by atoms with Gasteiger partial charge in [0.1, 0.15) is 0 Å². The molecule has 156 valence electrons. The van der Waals surface area contributed by atoms with E-state index in [1.807, 2.05) is 30.0 Å². The smallest absolute Gasteiger partial charge is 0.328 e. The Morgan fingerprint density at radius 1 is 1.48 bits per heavy atom. The average molecular weight is 453 g/mol. The number of aliphatic hydroxyl groups is 1. The third-order valence-electron chi connectivity index (χ3n) is 5.71. The fraction of sp³-hybridized carbons (Fsp3) is 0.500. The van der Waals surface area contributed by atoms with Crippen LogP contribution in [0.2, 0.25) is 5.02 Å². The Labute approximate surface area is 184 Å². The van der Waals surface area contributed by atoms with E-state index in [9.17, 15) is 9.90 Å². The Kier molecular flexibility index (Phi) is 6.09. The summed E-state index contributed by atoms with van der Waals surface area (Å²) < 4.78 is 0.990. The molecule has 1 spiro atoms. The lowest BCUT2D eigenvalue weighted by Gasteiger charge is -2.25. The molecule has 9 heteroatoms. The Morgan fingerprint density at radius 2 is 2.31 bits per heavy atom. The number of carbonyl (C=O) groups is 1. The molecular weight excluding hydrogens is 428 g/mol. The zero-order valence-corrected chi connectivity index (χ0v) is 18.9. The molecule has 1 aromatic carbocycles. The fourth-order valence-electron chi connectivity index (χ4n) is 4.20. The summed E-state index contributed by atoms with van der Waals surface area (Å²) in [5, 5.41) is 13.8. The zero-order valence-electron chi connectivity index (χ0n) is 16.5. The summed E-state index contributed by atoms with van der Waals surface area (Å²) in [6.45, 7) is 4.75. The van der Waals surface area contributed by atoms with Crippen LogP contribution >= 0.6 is 34.7 Å². The molecule has 2 unspecified atom stereocenters. The normalized spacial score (nSPS) is 22.3. The number of hydrogen-bond donors (Lipinski definition) is 2. The Balaban J connectivity index is 1.52. The van der Waals surface area contributed by atoms with Crippen LogP contribution in [-0.2, 0) is 5.41 Å². The lowest BCUT2D eigenvalue weighted by Crippen LogP contribution is -2.40. The zero-order chi connectivity index (χ0) is 20.6. The molecule has 2 amide bonds. The van der Waals surface area contributed by atoms with Gasteiger partial charge in [-0.2, -0.15) is 0 Å². The number of carbonyl (C=O) groups excluding carboxylic acids is 1. The Morgan fingerprint density at radius 3 is 3.00 bits per heavy atom. The summed E-state index contributed by atoms with van der Waals surface area (Å²) in [7, 11) is 2.12. The molecule has 1 aromatic heterocycles. The highest BCUT2D eigenvalue weighted by Gasteiger charge is 2.48. The first kappa shape index (κ1) is 20.9. The minimum Gasteiger partial charge on any atom is -0.395 e. The third-order valence-corrected chi connectivity index (χ3v) is 8.35. The summed E-state index contributed by atoms with van der Waals surface area (Å²) in [5.41, 5.74) is 2.03. The van der Waals surface area contributed by atoms with E-state index in [0.717, 1.165) is 41.4 Å². The van der Waals surface area contributed by atoms with E-state index in [4.69, 9.17) is 11.6 Å². The van der Waals surface area contributed by atoms with Gasteiger partial charge in [0, 0.05) is 34.5 Å². The number of aromatic nitrogens is 1. The highest BCUT2D eigenvalue weighted by atomic mass is 35.5. The molecule has 4 rings (SSSR count). The van der Waals surface area contributed by atoms with E-state index in [2.05, 4.69) is 22.2 Å². The van der Waals surface area contributed by atoms with Gasteiger partial charge < -0.3 is 10.0 Å². The predicted molar refractivity (Wildman–Crippen MR) is 121 cm³/mol. The molecule has 3 heterocycles. The molecule has 29 heavy (non-hydrogen) atoms. The molecule has 2 atom stereocenters. The minimum absolute atomic E-state index is 0.0638. The number of anilines is 2. The first-order valence-corrected chi connectivity index (χ1v) is 11.8. The van der Waals surface area contributed by atoms with Gasteiger partial charge in [-0.1, -0.05) is 29.9 Å². The summed E-state index contributed by atoms with van der Waals surface area (Å²) in [4.78, 5) is 21.6. The standard InChI is InChI=1S/C20H25ClN4O2S2/c1-3-14(10-26)28-17-9-22-18(29-17)23-19(27)25-12-20(6-7-24(2)11-20)15-8-13(21)4-5-16(15)25/h4-5,8-9,14,26H,3,6-7,10-12H2,1-2H3,(H,22,23,27). The van der Waals surface area contributed by atoms with Crippen LogP contribution in [-0.4, -0.2) is 59.6 Å². The van der Waals surface area contributed by atoms with Crippen LogP contribution in [0, 0.1) is 0 Å². The molecular formula is C20H25ClN4O2S2. The second-order valence-corrected chi connectivity index (χ2v) is 10.8. The topological polar surface area (TPSA) is 68.7 Å². The molecule has 0 aliphatic carbocycles. The molecule has 2 N–H and O–H groups in total. The maximum absolute atomic E-state index is 13.1. The van der Waals surface area contributed by atoms with Crippen LogP contribution in [0.15, 0.2) is 28.6 Å². The first-order valence-electron chi connectivity index (χ1n) is 9.74. The van der Waals surface area contributed by atoms with Gasteiger partial charge in [-0.3, -0.25) is 10.2 Å². The SMILES string of the molecule is CCC(CO)Sc1cnc(NC(=O)N2CC3(CCN(C)C3)c3cc(Cl)ccc32)s1. The van der Waals surface area contributed by atoms with Gasteiger partial charge >= 0.3 is 6.03 Å². The van der Waals surface area contributed by atoms with Crippen molar-refractivity contribution >= 4 is 51.5 Å². The molecule has 2 aliphatic heterocycles. The molecule has 1 fully saturated rings. The quantitative estimate of drug-likeness (QED) is 0.662. The molecule has 0 radical (unpaired) electrons. The summed E-state index contributed by atoms with van der Waals surface area (Å²) in [6.07, 6.45) is 3.65. The monoisotopic (exact) mass is 452 g/mol. The molecule has 0 bridgehead atoms. The van der Waals surface area contributed by atoms with Gasteiger partial charge in [0.15, 0.2) is 5.13 Å². The van der Waals surface area contributed by atoms with E-state index in [1.165, 1.54) is 11.3 Å². The highest BCUT2D eigenvalue weighted by Crippen LogP contribution is 2.47. The number of urea groups is 1. The Bertz CT molecular complexity index is 904. The Hall–Kier alpha value is -1.32. The second-order valence-electron chi connectivity index (χ2n) is 7.76. The number of thiazole rings is 1. The van der Waals surface area contributed by atoms with E-state index in [1.54, 1.807) is 18.0 Å². The number of aliphatic hydroxyl groups excluding tert-OH is 1. The second kappa shape index (κ2) is 8.43. The fourth-order valence-corrected chi connectivity index (χ4v) is 6.43. The van der Waals surface area contributed by atoms with Crippen LogP contribution in [0.5, 0.6) is 0 Å². The summed E-state index contributed by atoms with van der Waals surface area (Å²) in [6, 6.07) is 5.64. The lowest BCUT2D eigenvalue weighted by molar-refractivity contribution is 0.256. The van der Waals surface area contributed by atoms with Crippen molar-refractivity contribution < 1.29 is 9.90 Å². The maximum atomic E-state index is 13.1. The number of nitrogens with zero attached hydrogens (tertiary/aromatic N) is 3. The molecule has 1 saturated heterocycles. The summed E-state index contributed by atoms with van der Waals surface area (Å²) in [5.74, 6) is 0. The number of halogens is 1. The van der Waals surface area contributed by atoms with E-state index >= 15 is 0 Å². The molecule has 2 aliphatic rings. The van der Waals surface area contributed by atoms with E-state index in [0.29, 0.717) is 16.7 Å². The number of hydrogen-bond acceptors (Lipinski definition) is 6. The number of amides is 2. The number of likely N-dealkylation sites (tertiary alicyclic amines) is 1. The number of likely N-dealkylation sites (N-methyl/N-ethyl adjacent to an activating group) is 1. The van der Waals surface area contributed by atoms with Crippen LogP contribution in [0.25, 0.3) is 0 Å². The summed E-state index contributed by atoms with van der Waals surface area (Å²) >= 11 is 9.32. The van der Waals surface area contributed by atoms with Gasteiger partial charge in [0.2, 0.25) is 0 Å². The minimum atomic E-state index is -0.167. The van der Waals surface area contributed by atoms with Crippen molar-refractivity contribution in [3.05, 3.63) is 35.0 Å². The lowest BCUT2D eigenvalue weighted by atomic mass is 9.81. The van der Waals surface area contributed by atoms with Crippen molar-refractivity contribution in [3.63, 3.8) is 0 Å². The third kappa shape index (κ3) is 4.14. The van der Waals surface area contributed by atoms with Crippen LogP contribution in [0.4, 0.5) is 15.6 Å². The number of fused-ring (bicyclic) bond motifs is 2. The average Bonchev–Trinajstić information content (AvgIpc) is 3.38. The number of thioether (sulfide) groups is 1. The number of nitrogens with one attached hydrogen (secondary N) is 1. The molecule has 0 saturated carbocycles. The van der Waals surface area contributed by atoms with Crippen LogP contribution < -0.4 is 10.2 Å².